The van der Waals surface area contributed by atoms with Crippen molar-refractivity contribution in [3.05, 3.63) is 54.0 Å². The van der Waals surface area contributed by atoms with E-state index in [0.717, 1.165) is 39.0 Å². The number of anilines is 1. The molecule has 3 aromatic rings. The molecule has 0 spiro atoms. The van der Waals surface area contributed by atoms with E-state index in [1.165, 1.54) is 28.9 Å². The molecule has 210 valence electrons. The Morgan fingerprint density at radius 3 is 2.56 bits per heavy atom. The standard InChI is InChI=1S/C28H37N5O6/c1-17-24(35)25(36)26(37)27(39-17)38-16-23(34)19-13-30-28(31-14-19)33-9-7-18(8-10-33)11-29-12-20-15-32(2)22-6-4-3-5-21(20)22/h3-6,13-15,17-18,24-27,29,35-37H,7-12,16H2,1-2H3/t17-,24+,25+,26-,27+/m0/s1. The molecule has 4 N–H and O–H groups in total. The number of ether oxygens (including phenoxy) is 2. The van der Waals surface area contributed by atoms with Crippen LogP contribution >= 0.6 is 0 Å². The fourth-order valence-electron chi connectivity index (χ4n) is 5.34. The van der Waals surface area contributed by atoms with Crippen LogP contribution in [-0.2, 0) is 23.1 Å². The number of benzene rings is 1. The van der Waals surface area contributed by atoms with Crippen LogP contribution < -0.4 is 10.2 Å². The summed E-state index contributed by atoms with van der Waals surface area (Å²) >= 11 is 0. The minimum atomic E-state index is -1.46. The molecule has 0 unspecified atom stereocenters. The summed E-state index contributed by atoms with van der Waals surface area (Å²) in [6.45, 7) is 4.67. The van der Waals surface area contributed by atoms with Gasteiger partial charge in [0.1, 0.15) is 24.9 Å². The minimum Gasteiger partial charge on any atom is -0.388 e. The zero-order valence-electron chi connectivity index (χ0n) is 22.3. The summed E-state index contributed by atoms with van der Waals surface area (Å²) in [5.74, 6) is 0.794. The van der Waals surface area contributed by atoms with Crippen molar-refractivity contribution in [2.45, 2.75) is 57.0 Å². The first kappa shape index (κ1) is 27.6. The van der Waals surface area contributed by atoms with E-state index in [9.17, 15) is 20.1 Å². The number of para-hydroxylation sites is 1. The highest BCUT2D eigenvalue weighted by Crippen LogP contribution is 2.24. The highest BCUT2D eigenvalue weighted by Gasteiger charge is 2.42. The highest BCUT2D eigenvalue weighted by atomic mass is 16.7. The third-order valence-electron chi connectivity index (χ3n) is 7.77. The molecule has 1 aromatic carbocycles. The molecule has 11 nitrogen and oxygen atoms in total. The van der Waals surface area contributed by atoms with Gasteiger partial charge in [-0.25, -0.2) is 9.97 Å². The van der Waals surface area contributed by atoms with E-state index >= 15 is 0 Å². The molecule has 2 saturated heterocycles. The summed E-state index contributed by atoms with van der Waals surface area (Å²) in [7, 11) is 2.08. The van der Waals surface area contributed by atoms with Crippen LogP contribution in [0, 0.1) is 5.92 Å². The molecule has 2 fully saturated rings. The number of carbonyl (C=O) groups is 1. The predicted molar refractivity (Wildman–Crippen MR) is 144 cm³/mol. The van der Waals surface area contributed by atoms with Gasteiger partial charge in [0.2, 0.25) is 5.95 Å². The Morgan fingerprint density at radius 1 is 1.10 bits per heavy atom. The smallest absolute Gasteiger partial charge is 0.225 e. The van der Waals surface area contributed by atoms with Gasteiger partial charge >= 0.3 is 0 Å². The van der Waals surface area contributed by atoms with Crippen molar-refractivity contribution >= 4 is 22.6 Å². The average molecular weight is 540 g/mol. The van der Waals surface area contributed by atoms with Crippen LogP contribution in [-0.4, -0.2) is 92.6 Å². The van der Waals surface area contributed by atoms with E-state index in [0.29, 0.717) is 11.9 Å². The van der Waals surface area contributed by atoms with E-state index in [2.05, 4.69) is 62.3 Å². The zero-order valence-corrected chi connectivity index (χ0v) is 22.3. The minimum absolute atomic E-state index is 0.283. The van der Waals surface area contributed by atoms with Gasteiger partial charge in [-0.15, -0.1) is 0 Å². The molecule has 4 heterocycles. The number of ketones is 1. The number of hydrogen-bond donors (Lipinski definition) is 4. The summed E-state index contributed by atoms with van der Waals surface area (Å²) in [4.78, 5) is 23.5. The van der Waals surface area contributed by atoms with E-state index in [1.807, 2.05) is 0 Å². The molecule has 39 heavy (non-hydrogen) atoms. The Hall–Kier alpha value is -2.93. The molecule has 5 rings (SSSR count). The third kappa shape index (κ3) is 6.13. The van der Waals surface area contributed by atoms with Gasteiger partial charge in [-0.05, 0) is 43.9 Å². The number of rotatable bonds is 9. The molecule has 0 aliphatic carbocycles. The van der Waals surface area contributed by atoms with Crippen LogP contribution in [0.4, 0.5) is 5.95 Å². The lowest BCUT2D eigenvalue weighted by atomic mass is 9.97. The van der Waals surface area contributed by atoms with Crippen LogP contribution in [0.25, 0.3) is 10.9 Å². The number of aryl methyl sites for hydroxylation is 1. The van der Waals surface area contributed by atoms with Crippen molar-refractivity contribution in [2.24, 2.45) is 13.0 Å². The average Bonchev–Trinajstić information content (AvgIpc) is 3.28. The van der Waals surface area contributed by atoms with Crippen LogP contribution in [0.5, 0.6) is 0 Å². The molecule has 2 aliphatic rings. The second-order valence-corrected chi connectivity index (χ2v) is 10.5. The van der Waals surface area contributed by atoms with Crippen LogP contribution in [0.1, 0.15) is 35.7 Å². The number of aromatic nitrogens is 3. The summed E-state index contributed by atoms with van der Waals surface area (Å²) in [6, 6.07) is 8.46. The monoisotopic (exact) mass is 539 g/mol. The number of fused-ring (bicyclic) bond motifs is 1. The molecular formula is C28H37N5O6. The van der Waals surface area contributed by atoms with Crippen molar-refractivity contribution in [2.75, 3.05) is 31.1 Å². The molecular weight excluding hydrogens is 502 g/mol. The summed E-state index contributed by atoms with van der Waals surface area (Å²) < 4.78 is 12.9. The zero-order chi connectivity index (χ0) is 27.5. The lowest BCUT2D eigenvalue weighted by Crippen LogP contribution is -2.57. The van der Waals surface area contributed by atoms with Gasteiger partial charge in [-0.2, -0.15) is 0 Å². The van der Waals surface area contributed by atoms with Gasteiger partial charge in [-0.1, -0.05) is 18.2 Å². The number of piperidine rings is 1. The maximum atomic E-state index is 12.6. The fraction of sp³-hybridized carbons (Fsp3) is 0.536. The van der Waals surface area contributed by atoms with Crippen LogP contribution in [0.2, 0.25) is 0 Å². The molecule has 11 heteroatoms. The van der Waals surface area contributed by atoms with E-state index < -0.39 is 30.7 Å². The maximum Gasteiger partial charge on any atom is 0.225 e. The second-order valence-electron chi connectivity index (χ2n) is 10.5. The van der Waals surface area contributed by atoms with Crippen molar-refractivity contribution in [3.8, 4) is 0 Å². The normalized spacial score (nSPS) is 26.3. The van der Waals surface area contributed by atoms with Crippen LogP contribution in [0.3, 0.4) is 0 Å². The van der Waals surface area contributed by atoms with E-state index in [4.69, 9.17) is 9.47 Å². The molecule has 0 amide bonds. The predicted octanol–water partition coefficient (Wildman–Crippen LogP) is 1.00. The number of Topliss-reactive ketones (excluding diaryl/α,β-unsaturated/α-hetero) is 1. The molecule has 2 aromatic heterocycles. The Balaban J connectivity index is 1.06. The molecule has 0 bridgehead atoms. The number of hydrogen-bond acceptors (Lipinski definition) is 10. The SMILES string of the molecule is C[C@@H]1O[C@@H](OCC(=O)c2cnc(N3CCC(CNCc4cn(C)c5ccccc45)CC3)nc2)[C@@H](O)[C@H](O)[C@@H]1O. The first-order chi connectivity index (χ1) is 18.8. The topological polar surface area (TPSA) is 142 Å². The van der Waals surface area contributed by atoms with E-state index in [1.54, 1.807) is 6.92 Å². The Kier molecular flexibility index (Phi) is 8.55. The Labute approximate surface area is 227 Å². The highest BCUT2D eigenvalue weighted by molar-refractivity contribution is 5.96. The number of carbonyl (C=O) groups excluding carboxylic acids is 1. The number of nitrogens with zero attached hydrogens (tertiary/aromatic N) is 4. The summed E-state index contributed by atoms with van der Waals surface area (Å²) in [6.07, 6.45) is 1.15. The summed E-state index contributed by atoms with van der Waals surface area (Å²) in [5.41, 5.74) is 2.84. The van der Waals surface area contributed by atoms with Gasteiger partial charge < -0.3 is 39.6 Å². The summed E-state index contributed by atoms with van der Waals surface area (Å²) in [5, 5.41) is 34.6. The molecule has 5 atom stereocenters. The first-order valence-corrected chi connectivity index (χ1v) is 13.5. The Morgan fingerprint density at radius 2 is 1.82 bits per heavy atom. The lowest BCUT2D eigenvalue weighted by Gasteiger charge is -2.38. The second kappa shape index (κ2) is 12.1. The van der Waals surface area contributed by atoms with Gasteiger partial charge in [0.05, 0.1) is 11.7 Å². The first-order valence-electron chi connectivity index (χ1n) is 13.5. The van der Waals surface area contributed by atoms with Crippen molar-refractivity contribution < 1.29 is 29.6 Å². The lowest BCUT2D eigenvalue weighted by molar-refractivity contribution is -0.289. The largest absolute Gasteiger partial charge is 0.388 e. The van der Waals surface area contributed by atoms with Crippen molar-refractivity contribution in [3.63, 3.8) is 0 Å². The number of aliphatic hydroxyl groups is 3. The van der Waals surface area contributed by atoms with Crippen molar-refractivity contribution in [1.82, 2.24) is 19.9 Å². The molecule has 2 aliphatic heterocycles. The molecule has 0 radical (unpaired) electrons. The van der Waals surface area contributed by atoms with Gasteiger partial charge in [0, 0.05) is 56.2 Å². The van der Waals surface area contributed by atoms with Gasteiger partial charge in [-0.3, -0.25) is 4.79 Å². The van der Waals surface area contributed by atoms with Crippen molar-refractivity contribution in [1.29, 1.82) is 0 Å². The van der Waals surface area contributed by atoms with E-state index in [-0.39, 0.29) is 18.0 Å². The number of aliphatic hydroxyl groups excluding tert-OH is 3. The third-order valence-corrected chi connectivity index (χ3v) is 7.77. The maximum absolute atomic E-state index is 12.6. The Bertz CT molecular complexity index is 1260. The fourth-order valence-corrected chi connectivity index (χ4v) is 5.34. The van der Waals surface area contributed by atoms with Crippen LogP contribution in [0.15, 0.2) is 42.9 Å². The van der Waals surface area contributed by atoms with Gasteiger partial charge in [0.15, 0.2) is 12.1 Å². The molecule has 0 saturated carbocycles. The quantitative estimate of drug-likeness (QED) is 0.291. The number of nitrogens with one attached hydrogen (secondary N) is 1. The van der Waals surface area contributed by atoms with Gasteiger partial charge in [0.25, 0.3) is 0 Å².